The van der Waals surface area contributed by atoms with Crippen molar-refractivity contribution in [1.29, 1.82) is 0 Å². The summed E-state index contributed by atoms with van der Waals surface area (Å²) in [4.78, 5) is 27.9. The van der Waals surface area contributed by atoms with E-state index in [1.807, 2.05) is 32.9 Å². The third-order valence-electron chi connectivity index (χ3n) is 4.58. The van der Waals surface area contributed by atoms with Gasteiger partial charge in [0.15, 0.2) is 0 Å². The Kier molecular flexibility index (Phi) is 6.92. The summed E-state index contributed by atoms with van der Waals surface area (Å²) in [5.74, 6) is 1.19. The highest BCUT2D eigenvalue weighted by atomic mass is 32.2. The van der Waals surface area contributed by atoms with Crippen molar-refractivity contribution in [3.63, 3.8) is 0 Å². The highest BCUT2D eigenvalue weighted by Gasteiger charge is 2.26. The number of amides is 1. The van der Waals surface area contributed by atoms with E-state index < -0.39 is 11.2 Å². The lowest BCUT2D eigenvalue weighted by atomic mass is 10.1. The second kappa shape index (κ2) is 9.26. The molecule has 9 heteroatoms. The fraction of sp³-hybridized carbons (Fsp3) is 0.476. The number of thioether (sulfide) groups is 1. The smallest absolute Gasteiger partial charge is 0.410 e. The highest BCUT2D eigenvalue weighted by Crippen LogP contribution is 2.26. The van der Waals surface area contributed by atoms with Gasteiger partial charge in [-0.05, 0) is 38.5 Å². The lowest BCUT2D eigenvalue weighted by molar-refractivity contribution is 0.0189. The second-order valence-corrected chi connectivity index (χ2v) is 9.57. The van der Waals surface area contributed by atoms with Crippen LogP contribution in [0, 0.1) is 0 Å². The number of nitrogens with zero attached hydrogens (tertiary/aromatic N) is 2. The van der Waals surface area contributed by atoms with Gasteiger partial charge < -0.3 is 23.7 Å². The molecule has 1 aromatic carbocycles. The van der Waals surface area contributed by atoms with Crippen LogP contribution in [0.4, 0.5) is 4.79 Å². The van der Waals surface area contributed by atoms with Crippen LogP contribution in [-0.2, 0) is 10.5 Å². The summed E-state index contributed by atoms with van der Waals surface area (Å²) in [7, 11) is 1.57. The normalized spacial score (nSPS) is 14.7. The standard InChI is InChI=1S/C21H26N2O5S2/c1-21(2,3)28-19(25)22-7-9-23(10-8-22)20(29)30-13-14-11-18(24)27-17-12-15(26-4)5-6-16(14)17/h5-6,11-12H,7-10,13H2,1-4H3. The first-order valence-corrected chi connectivity index (χ1v) is 11.1. The van der Waals surface area contributed by atoms with Crippen LogP contribution in [0.15, 0.2) is 33.5 Å². The third kappa shape index (κ3) is 5.66. The molecular weight excluding hydrogens is 424 g/mol. The van der Waals surface area contributed by atoms with Crippen molar-refractivity contribution in [1.82, 2.24) is 9.80 Å². The lowest BCUT2D eigenvalue weighted by Gasteiger charge is -2.36. The summed E-state index contributed by atoms with van der Waals surface area (Å²) < 4.78 is 16.7. The molecule has 1 saturated heterocycles. The summed E-state index contributed by atoms with van der Waals surface area (Å²) in [6.45, 7) is 8.01. The van der Waals surface area contributed by atoms with Crippen molar-refractivity contribution < 1.29 is 18.7 Å². The number of benzene rings is 1. The van der Waals surface area contributed by atoms with Crippen LogP contribution in [0.5, 0.6) is 5.75 Å². The molecule has 0 unspecified atom stereocenters. The highest BCUT2D eigenvalue weighted by molar-refractivity contribution is 8.22. The van der Waals surface area contributed by atoms with E-state index in [0.29, 0.717) is 43.3 Å². The van der Waals surface area contributed by atoms with Crippen molar-refractivity contribution in [3.8, 4) is 5.75 Å². The number of hydrogen-bond donors (Lipinski definition) is 0. The van der Waals surface area contributed by atoms with Gasteiger partial charge in [0.1, 0.15) is 21.3 Å². The van der Waals surface area contributed by atoms with Gasteiger partial charge >= 0.3 is 11.7 Å². The Morgan fingerprint density at radius 1 is 1.17 bits per heavy atom. The maximum atomic E-state index is 12.2. The molecular formula is C21H26N2O5S2. The number of hydrogen-bond acceptors (Lipinski definition) is 7. The summed E-state index contributed by atoms with van der Waals surface area (Å²) in [6.07, 6.45) is -0.293. The monoisotopic (exact) mass is 450 g/mol. The average Bonchev–Trinajstić information content (AvgIpc) is 2.70. The number of thiocarbonyl (C=S) groups is 1. The Morgan fingerprint density at radius 2 is 1.83 bits per heavy atom. The molecule has 0 atom stereocenters. The summed E-state index contributed by atoms with van der Waals surface area (Å²) >= 11 is 7.09. The zero-order chi connectivity index (χ0) is 21.9. The Balaban J connectivity index is 1.59. The minimum Gasteiger partial charge on any atom is -0.497 e. The van der Waals surface area contributed by atoms with Crippen molar-refractivity contribution in [3.05, 3.63) is 40.2 Å². The molecule has 0 N–H and O–H groups in total. The van der Waals surface area contributed by atoms with E-state index in [4.69, 9.17) is 26.1 Å². The van der Waals surface area contributed by atoms with Gasteiger partial charge in [0.2, 0.25) is 0 Å². The summed E-state index contributed by atoms with van der Waals surface area (Å²) in [5, 5.41) is 0.862. The number of ether oxygens (including phenoxy) is 2. The van der Waals surface area contributed by atoms with Gasteiger partial charge in [-0.1, -0.05) is 24.0 Å². The first-order valence-electron chi connectivity index (χ1n) is 9.67. The van der Waals surface area contributed by atoms with Gasteiger partial charge in [-0.25, -0.2) is 9.59 Å². The van der Waals surface area contributed by atoms with Crippen LogP contribution in [0.1, 0.15) is 26.3 Å². The molecule has 7 nitrogen and oxygen atoms in total. The van der Waals surface area contributed by atoms with E-state index >= 15 is 0 Å². The number of carbonyl (C=O) groups excluding carboxylic acids is 1. The van der Waals surface area contributed by atoms with Crippen LogP contribution >= 0.6 is 24.0 Å². The molecule has 0 bridgehead atoms. The first kappa shape index (κ1) is 22.4. The van der Waals surface area contributed by atoms with Gasteiger partial charge in [-0.2, -0.15) is 0 Å². The molecule has 0 saturated carbocycles. The minimum atomic E-state index is -0.505. The molecule has 2 heterocycles. The fourth-order valence-electron chi connectivity index (χ4n) is 3.09. The Morgan fingerprint density at radius 3 is 2.47 bits per heavy atom. The average molecular weight is 451 g/mol. The van der Waals surface area contributed by atoms with Crippen LogP contribution in [-0.4, -0.2) is 59.1 Å². The number of carbonyl (C=O) groups is 1. The van der Waals surface area contributed by atoms with Crippen LogP contribution < -0.4 is 10.4 Å². The number of rotatable bonds is 3. The number of methoxy groups -OCH3 is 1. The Labute approximate surface area is 185 Å². The van der Waals surface area contributed by atoms with E-state index in [-0.39, 0.29) is 6.09 Å². The maximum Gasteiger partial charge on any atom is 0.410 e. The van der Waals surface area contributed by atoms with E-state index in [1.165, 1.54) is 17.8 Å². The minimum absolute atomic E-state index is 0.293. The van der Waals surface area contributed by atoms with E-state index in [9.17, 15) is 9.59 Å². The maximum absolute atomic E-state index is 12.2. The van der Waals surface area contributed by atoms with Gasteiger partial charge in [-0.15, -0.1) is 0 Å². The molecule has 2 aromatic rings. The van der Waals surface area contributed by atoms with E-state index in [0.717, 1.165) is 15.3 Å². The van der Waals surface area contributed by atoms with Crippen molar-refractivity contribution in [2.45, 2.75) is 32.1 Å². The second-order valence-electron chi connectivity index (χ2n) is 7.96. The summed E-state index contributed by atoms with van der Waals surface area (Å²) in [5.41, 5.74) is 0.454. The molecule has 3 rings (SSSR count). The quantitative estimate of drug-likeness (QED) is 0.515. The van der Waals surface area contributed by atoms with Gasteiger partial charge in [0.05, 0.1) is 7.11 Å². The number of fused-ring (bicyclic) bond motifs is 1. The summed E-state index contributed by atoms with van der Waals surface area (Å²) in [6, 6.07) is 6.93. The largest absolute Gasteiger partial charge is 0.497 e. The predicted octanol–water partition coefficient (Wildman–Crippen LogP) is 3.87. The first-order chi connectivity index (χ1) is 14.2. The molecule has 30 heavy (non-hydrogen) atoms. The topological polar surface area (TPSA) is 72.2 Å². The van der Waals surface area contributed by atoms with E-state index in [2.05, 4.69) is 4.90 Å². The van der Waals surface area contributed by atoms with Gasteiger partial charge in [0, 0.05) is 49.5 Å². The van der Waals surface area contributed by atoms with Crippen LogP contribution in [0.2, 0.25) is 0 Å². The molecule has 1 aliphatic rings. The van der Waals surface area contributed by atoms with Crippen molar-refractivity contribution >= 4 is 45.4 Å². The van der Waals surface area contributed by atoms with E-state index in [1.54, 1.807) is 18.1 Å². The zero-order valence-electron chi connectivity index (χ0n) is 17.6. The molecule has 1 fully saturated rings. The van der Waals surface area contributed by atoms with Gasteiger partial charge in [-0.3, -0.25) is 0 Å². The molecule has 1 aliphatic heterocycles. The fourth-order valence-corrected chi connectivity index (χ4v) is 4.33. The Bertz CT molecular complexity index is 991. The number of piperazine rings is 1. The van der Waals surface area contributed by atoms with Crippen molar-refractivity contribution in [2.75, 3.05) is 33.3 Å². The molecule has 1 amide bonds. The van der Waals surface area contributed by atoms with Gasteiger partial charge in [0.25, 0.3) is 0 Å². The SMILES string of the molecule is COc1ccc2c(CSC(=S)N3CCN(C(=O)OC(C)(C)C)CC3)cc(=O)oc2c1. The predicted molar refractivity (Wildman–Crippen MR) is 122 cm³/mol. The molecule has 0 radical (unpaired) electrons. The lowest BCUT2D eigenvalue weighted by Crippen LogP contribution is -2.50. The Hall–Kier alpha value is -2.26. The third-order valence-corrected chi connectivity index (χ3v) is 6.15. The molecule has 1 aromatic heterocycles. The zero-order valence-corrected chi connectivity index (χ0v) is 19.2. The van der Waals surface area contributed by atoms with Crippen LogP contribution in [0.25, 0.3) is 11.0 Å². The molecule has 0 spiro atoms. The van der Waals surface area contributed by atoms with Crippen LogP contribution in [0.3, 0.4) is 0 Å². The molecule has 0 aliphatic carbocycles. The molecule has 162 valence electrons. The van der Waals surface area contributed by atoms with Crippen molar-refractivity contribution in [2.24, 2.45) is 0 Å².